The first kappa shape index (κ1) is 23.0. The summed E-state index contributed by atoms with van der Waals surface area (Å²) in [4.78, 5) is 25.9. The van der Waals surface area contributed by atoms with E-state index in [0.717, 1.165) is 31.4 Å². The van der Waals surface area contributed by atoms with Crippen LogP contribution in [0, 0.1) is 35.9 Å². The summed E-state index contributed by atoms with van der Waals surface area (Å²) in [6.07, 6.45) is 6.32. The number of carbonyl (C=O) groups is 2. The first-order valence-corrected chi connectivity index (χ1v) is 13.2. The van der Waals surface area contributed by atoms with Crippen LogP contribution in [0.5, 0.6) is 0 Å². The van der Waals surface area contributed by atoms with Crippen LogP contribution in [-0.2, 0) is 19.6 Å². The fourth-order valence-electron chi connectivity index (χ4n) is 6.55. The van der Waals surface area contributed by atoms with Crippen LogP contribution in [0.3, 0.4) is 0 Å². The lowest BCUT2D eigenvalue weighted by Gasteiger charge is -2.55. The number of Topliss-reactive ketones (excluding diaryl/α,β-unsaturated/α-hetero) is 1. The molecule has 4 saturated carbocycles. The van der Waals surface area contributed by atoms with Crippen LogP contribution in [0.15, 0.2) is 47.4 Å². The van der Waals surface area contributed by atoms with E-state index in [1.165, 1.54) is 44.4 Å². The van der Waals surface area contributed by atoms with Gasteiger partial charge >= 0.3 is 5.97 Å². The number of rotatable bonds is 7. The van der Waals surface area contributed by atoms with Gasteiger partial charge in [-0.3, -0.25) is 9.52 Å². The van der Waals surface area contributed by atoms with Gasteiger partial charge < -0.3 is 4.74 Å². The maximum atomic E-state index is 13.6. The molecule has 6 nitrogen and oxygen atoms in total. The Kier molecular flexibility index (Phi) is 5.74. The predicted molar refractivity (Wildman–Crippen MR) is 124 cm³/mol. The van der Waals surface area contributed by atoms with Gasteiger partial charge in [-0.2, -0.15) is 0 Å². The lowest BCUT2D eigenvalue weighted by atomic mass is 9.48. The Morgan fingerprint density at radius 2 is 1.65 bits per heavy atom. The van der Waals surface area contributed by atoms with Crippen molar-refractivity contribution in [2.24, 2.45) is 23.2 Å². The Balaban J connectivity index is 1.29. The molecule has 0 heterocycles. The largest absolute Gasteiger partial charge is 0.454 e. The second-order valence-corrected chi connectivity index (χ2v) is 11.9. The van der Waals surface area contributed by atoms with E-state index in [1.54, 1.807) is 12.1 Å². The third kappa shape index (κ3) is 4.24. The number of ether oxygens (including phenoxy) is 1. The summed E-state index contributed by atoms with van der Waals surface area (Å²) in [5, 5.41) is 0. The average molecular weight is 486 g/mol. The van der Waals surface area contributed by atoms with Crippen molar-refractivity contribution < 1.29 is 27.1 Å². The van der Waals surface area contributed by atoms with Gasteiger partial charge in [-0.15, -0.1) is 0 Å². The van der Waals surface area contributed by atoms with Crippen molar-refractivity contribution in [1.82, 2.24) is 0 Å². The molecule has 180 valence electrons. The first-order chi connectivity index (χ1) is 16.1. The Hall–Kier alpha value is -2.74. The summed E-state index contributed by atoms with van der Waals surface area (Å²) in [5.74, 6) is 0.543. The molecular weight excluding hydrogens is 457 g/mol. The third-order valence-corrected chi connectivity index (χ3v) is 9.16. The van der Waals surface area contributed by atoms with Gasteiger partial charge in [0.1, 0.15) is 5.82 Å². The van der Waals surface area contributed by atoms with E-state index in [1.807, 2.05) is 0 Å². The lowest BCUT2D eigenvalue weighted by molar-refractivity contribution is -0.147. The van der Waals surface area contributed by atoms with Crippen LogP contribution >= 0.6 is 0 Å². The molecule has 0 amide bonds. The maximum absolute atomic E-state index is 13.6. The minimum absolute atomic E-state index is 0.0141. The van der Waals surface area contributed by atoms with Gasteiger partial charge in [0.15, 0.2) is 12.4 Å². The summed E-state index contributed by atoms with van der Waals surface area (Å²) >= 11 is 0. The minimum atomic E-state index is -4.06. The topological polar surface area (TPSA) is 89.5 Å². The zero-order chi connectivity index (χ0) is 24.1. The number of ketones is 1. The molecule has 0 unspecified atom stereocenters. The highest BCUT2D eigenvalue weighted by Gasteiger charge is 2.54. The lowest BCUT2D eigenvalue weighted by Crippen LogP contribution is -2.51. The van der Waals surface area contributed by atoms with Crippen molar-refractivity contribution in [2.45, 2.75) is 50.3 Å². The second-order valence-electron chi connectivity index (χ2n) is 10.3. The highest BCUT2D eigenvalue weighted by atomic mass is 32.2. The molecule has 34 heavy (non-hydrogen) atoms. The number of sulfonamides is 1. The number of nitrogens with one attached hydrogen (secondary N) is 1. The van der Waals surface area contributed by atoms with E-state index in [0.29, 0.717) is 17.8 Å². The van der Waals surface area contributed by atoms with Gasteiger partial charge in [0.25, 0.3) is 10.0 Å². The molecule has 0 aromatic heterocycles. The molecule has 2 aromatic rings. The number of halogens is 1. The van der Waals surface area contributed by atoms with Crippen LogP contribution in [0.1, 0.15) is 54.4 Å². The summed E-state index contributed by atoms with van der Waals surface area (Å²) in [6.45, 7) is 1.17. The highest BCUT2D eigenvalue weighted by molar-refractivity contribution is 7.92. The summed E-state index contributed by atoms with van der Waals surface area (Å²) in [6, 6.07) is 9.55. The van der Waals surface area contributed by atoms with E-state index in [4.69, 9.17) is 4.74 Å². The van der Waals surface area contributed by atoms with Gasteiger partial charge in [0, 0.05) is 5.41 Å². The molecule has 0 atom stereocenters. The van der Waals surface area contributed by atoms with E-state index >= 15 is 0 Å². The SMILES string of the molecule is Cc1cc(S(=O)(=O)Nc2ccccc2C(=O)OCC(=O)C23CC4CC(CC(C4)C2)C3)ccc1F. The van der Waals surface area contributed by atoms with Crippen molar-refractivity contribution in [3.05, 3.63) is 59.4 Å². The minimum Gasteiger partial charge on any atom is -0.454 e. The number of benzene rings is 2. The fourth-order valence-corrected chi connectivity index (χ4v) is 7.72. The summed E-state index contributed by atoms with van der Waals surface area (Å²) in [5.41, 5.74) is -0.116. The smallest absolute Gasteiger partial charge is 0.340 e. The van der Waals surface area contributed by atoms with Crippen LogP contribution in [0.2, 0.25) is 0 Å². The van der Waals surface area contributed by atoms with Crippen molar-refractivity contribution >= 4 is 27.5 Å². The summed E-state index contributed by atoms with van der Waals surface area (Å²) in [7, 11) is -4.06. The van der Waals surface area contributed by atoms with Crippen LogP contribution in [0.4, 0.5) is 10.1 Å². The molecule has 4 fully saturated rings. The number of hydrogen-bond acceptors (Lipinski definition) is 5. The van der Waals surface area contributed by atoms with E-state index in [2.05, 4.69) is 4.72 Å². The zero-order valence-corrected chi connectivity index (χ0v) is 19.9. The first-order valence-electron chi connectivity index (χ1n) is 11.7. The Morgan fingerprint density at radius 1 is 1.03 bits per heavy atom. The van der Waals surface area contributed by atoms with Gasteiger partial charge in [-0.25, -0.2) is 17.6 Å². The molecule has 4 aliphatic carbocycles. The average Bonchev–Trinajstić information content (AvgIpc) is 2.78. The van der Waals surface area contributed by atoms with Gasteiger partial charge in [0.2, 0.25) is 0 Å². The van der Waals surface area contributed by atoms with Crippen molar-refractivity contribution in [3.8, 4) is 0 Å². The molecule has 6 rings (SSSR count). The Morgan fingerprint density at radius 3 is 2.26 bits per heavy atom. The molecule has 0 saturated heterocycles. The van der Waals surface area contributed by atoms with Gasteiger partial charge in [-0.1, -0.05) is 12.1 Å². The predicted octanol–water partition coefficient (Wildman–Crippen LogP) is 4.88. The number of aryl methyl sites for hydroxylation is 1. The quantitative estimate of drug-likeness (QED) is 0.565. The molecule has 0 spiro atoms. The van der Waals surface area contributed by atoms with Crippen molar-refractivity contribution in [1.29, 1.82) is 0 Å². The number of para-hydroxylation sites is 1. The van der Waals surface area contributed by atoms with Crippen molar-refractivity contribution in [2.75, 3.05) is 11.3 Å². The van der Waals surface area contributed by atoms with Crippen LogP contribution in [-0.4, -0.2) is 26.8 Å². The fraction of sp³-hybridized carbons (Fsp3) is 0.462. The number of esters is 1. The Labute approximate surface area is 198 Å². The summed E-state index contributed by atoms with van der Waals surface area (Å²) < 4.78 is 47.0. The standard InChI is InChI=1S/C26H28FNO5S/c1-16-8-20(6-7-22(16)27)34(31,32)28-23-5-3-2-4-21(23)25(30)33-15-24(29)26-12-17-9-18(13-26)11-19(10-17)14-26/h2-8,17-19,28H,9-15H2,1H3. The third-order valence-electron chi connectivity index (χ3n) is 7.80. The second kappa shape index (κ2) is 8.48. The van der Waals surface area contributed by atoms with Gasteiger partial charge in [0.05, 0.1) is 16.1 Å². The normalized spacial score (nSPS) is 27.4. The molecule has 2 aromatic carbocycles. The van der Waals surface area contributed by atoms with Crippen molar-refractivity contribution in [3.63, 3.8) is 0 Å². The molecule has 1 N–H and O–H groups in total. The number of hydrogen-bond donors (Lipinski definition) is 1. The number of carbonyl (C=O) groups excluding carboxylic acids is 2. The molecule has 0 aliphatic heterocycles. The molecule has 8 heteroatoms. The number of anilines is 1. The van der Waals surface area contributed by atoms with Crippen LogP contribution in [0.25, 0.3) is 0 Å². The van der Waals surface area contributed by atoms with E-state index in [9.17, 15) is 22.4 Å². The van der Waals surface area contributed by atoms with Gasteiger partial charge in [-0.05, 0) is 99.1 Å². The van der Waals surface area contributed by atoms with E-state index in [-0.39, 0.29) is 39.5 Å². The zero-order valence-electron chi connectivity index (χ0n) is 19.1. The molecule has 4 aliphatic rings. The monoisotopic (exact) mass is 485 g/mol. The maximum Gasteiger partial charge on any atom is 0.340 e. The van der Waals surface area contributed by atoms with Crippen LogP contribution < -0.4 is 4.72 Å². The highest BCUT2D eigenvalue weighted by Crippen LogP contribution is 2.60. The molecule has 4 bridgehead atoms. The van der Waals surface area contributed by atoms with E-state index < -0.39 is 21.8 Å². The molecule has 0 radical (unpaired) electrons. The molecular formula is C26H28FNO5S. The Bertz CT molecular complexity index is 1220.